The first kappa shape index (κ1) is 13.3. The van der Waals surface area contributed by atoms with Crippen LogP contribution < -0.4 is 20.3 Å². The van der Waals surface area contributed by atoms with E-state index in [0.717, 1.165) is 0 Å². The first-order valence-electron chi connectivity index (χ1n) is 6.26. The number of aromatic nitrogens is 3. The number of anilines is 2. The highest BCUT2D eigenvalue weighted by molar-refractivity contribution is 5.85. The summed E-state index contributed by atoms with van der Waals surface area (Å²) in [6, 6.07) is -0.0506. The molecule has 0 bridgehead atoms. The maximum atomic E-state index is 11.7. The largest absolute Gasteiger partial charge is 0.464 e. The zero-order chi connectivity index (χ0) is 13.8. The molecule has 0 aliphatic carbocycles. The van der Waals surface area contributed by atoms with Crippen LogP contribution in [-0.4, -0.2) is 53.6 Å². The Hall–Kier alpha value is -2.12. The molecule has 1 unspecified atom stereocenters. The minimum atomic E-state index is -0.310. The zero-order valence-corrected chi connectivity index (χ0v) is 11.3. The third-order valence-electron chi connectivity index (χ3n) is 2.86. The van der Waals surface area contributed by atoms with Gasteiger partial charge in [0.15, 0.2) is 0 Å². The van der Waals surface area contributed by atoms with Crippen LogP contribution in [0.2, 0.25) is 0 Å². The van der Waals surface area contributed by atoms with Crippen molar-refractivity contribution in [2.75, 3.05) is 37.0 Å². The molecular formula is C11H18N6O2. The highest BCUT2D eigenvalue weighted by atomic mass is 16.5. The second-order valence-electron chi connectivity index (χ2n) is 4.08. The summed E-state index contributed by atoms with van der Waals surface area (Å²) in [7, 11) is 1.72. The molecular weight excluding hydrogens is 248 g/mol. The molecule has 2 rings (SSSR count). The molecule has 104 valence electrons. The van der Waals surface area contributed by atoms with Crippen LogP contribution in [0.5, 0.6) is 6.01 Å². The SMILES string of the molecule is CCOc1nc(NC)nc(N2CCNC(=O)C2C)n1. The third kappa shape index (κ3) is 2.83. The summed E-state index contributed by atoms with van der Waals surface area (Å²) in [6.07, 6.45) is 0. The standard InChI is InChI=1S/C11H18N6O2/c1-4-19-11-15-9(12-3)14-10(16-11)17-6-5-13-8(18)7(17)2/h7H,4-6H2,1-3H3,(H,13,18)(H,12,14,15,16). The Bertz CT molecular complexity index is 466. The molecule has 0 radical (unpaired) electrons. The highest BCUT2D eigenvalue weighted by Crippen LogP contribution is 2.18. The molecule has 1 atom stereocenters. The second-order valence-corrected chi connectivity index (χ2v) is 4.08. The molecule has 8 heteroatoms. The fourth-order valence-electron chi connectivity index (χ4n) is 1.84. The second kappa shape index (κ2) is 5.68. The van der Waals surface area contributed by atoms with Crippen molar-refractivity contribution in [3.8, 4) is 6.01 Å². The van der Waals surface area contributed by atoms with Gasteiger partial charge >= 0.3 is 6.01 Å². The van der Waals surface area contributed by atoms with Gasteiger partial charge in [0.2, 0.25) is 17.8 Å². The van der Waals surface area contributed by atoms with Crippen molar-refractivity contribution in [2.24, 2.45) is 0 Å². The van der Waals surface area contributed by atoms with Crippen molar-refractivity contribution in [3.05, 3.63) is 0 Å². The van der Waals surface area contributed by atoms with Crippen LogP contribution in [0.25, 0.3) is 0 Å². The lowest BCUT2D eigenvalue weighted by atomic mass is 10.2. The van der Waals surface area contributed by atoms with Gasteiger partial charge in [0.1, 0.15) is 6.04 Å². The fraction of sp³-hybridized carbons (Fsp3) is 0.636. The van der Waals surface area contributed by atoms with Gasteiger partial charge in [-0.1, -0.05) is 0 Å². The average molecular weight is 266 g/mol. The van der Waals surface area contributed by atoms with Gasteiger partial charge in [-0.3, -0.25) is 4.79 Å². The number of hydrogen-bond donors (Lipinski definition) is 2. The number of carbonyl (C=O) groups excluding carboxylic acids is 1. The monoisotopic (exact) mass is 266 g/mol. The van der Waals surface area contributed by atoms with E-state index >= 15 is 0 Å². The number of hydrogen-bond acceptors (Lipinski definition) is 7. The van der Waals surface area contributed by atoms with Crippen LogP contribution in [-0.2, 0) is 4.79 Å². The van der Waals surface area contributed by atoms with Crippen molar-refractivity contribution >= 4 is 17.8 Å². The number of nitrogens with zero attached hydrogens (tertiary/aromatic N) is 4. The molecule has 1 aliphatic heterocycles. The maximum Gasteiger partial charge on any atom is 0.323 e. The summed E-state index contributed by atoms with van der Waals surface area (Å²) in [5.41, 5.74) is 0. The molecule has 0 aromatic carbocycles. The first-order valence-corrected chi connectivity index (χ1v) is 6.26. The van der Waals surface area contributed by atoms with Crippen molar-refractivity contribution in [2.45, 2.75) is 19.9 Å². The van der Waals surface area contributed by atoms with Crippen LogP contribution in [0.15, 0.2) is 0 Å². The quantitative estimate of drug-likeness (QED) is 0.768. The average Bonchev–Trinajstić information content (AvgIpc) is 2.42. The highest BCUT2D eigenvalue weighted by Gasteiger charge is 2.28. The summed E-state index contributed by atoms with van der Waals surface area (Å²) in [5.74, 6) is 0.840. The lowest BCUT2D eigenvalue weighted by Crippen LogP contribution is -2.54. The van der Waals surface area contributed by atoms with Crippen LogP contribution in [0.4, 0.5) is 11.9 Å². The van der Waals surface area contributed by atoms with E-state index in [4.69, 9.17) is 4.74 Å². The molecule has 1 saturated heterocycles. The van der Waals surface area contributed by atoms with E-state index < -0.39 is 0 Å². The van der Waals surface area contributed by atoms with E-state index in [-0.39, 0.29) is 18.0 Å². The maximum absolute atomic E-state index is 11.7. The minimum Gasteiger partial charge on any atom is -0.464 e. The lowest BCUT2D eigenvalue weighted by Gasteiger charge is -2.32. The van der Waals surface area contributed by atoms with E-state index in [9.17, 15) is 4.79 Å². The number of amides is 1. The fourth-order valence-corrected chi connectivity index (χ4v) is 1.84. The summed E-state index contributed by atoms with van der Waals surface area (Å²) in [4.78, 5) is 26.1. The lowest BCUT2D eigenvalue weighted by molar-refractivity contribution is -0.122. The Balaban J connectivity index is 2.31. The van der Waals surface area contributed by atoms with Crippen molar-refractivity contribution in [1.82, 2.24) is 20.3 Å². The van der Waals surface area contributed by atoms with Crippen LogP contribution >= 0.6 is 0 Å². The Labute approximate surface area is 111 Å². The third-order valence-corrected chi connectivity index (χ3v) is 2.86. The minimum absolute atomic E-state index is 0.0318. The van der Waals surface area contributed by atoms with E-state index in [1.54, 1.807) is 7.05 Å². The smallest absolute Gasteiger partial charge is 0.323 e. The number of nitrogens with one attached hydrogen (secondary N) is 2. The summed E-state index contributed by atoms with van der Waals surface area (Å²) in [6.45, 7) is 5.39. The Kier molecular flexibility index (Phi) is 3.98. The van der Waals surface area contributed by atoms with Crippen molar-refractivity contribution in [1.29, 1.82) is 0 Å². The normalized spacial score (nSPS) is 19.0. The summed E-state index contributed by atoms with van der Waals surface area (Å²) in [5, 5.41) is 5.66. The summed E-state index contributed by atoms with van der Waals surface area (Å²) < 4.78 is 5.31. The Morgan fingerprint density at radius 1 is 1.47 bits per heavy atom. The molecule has 8 nitrogen and oxygen atoms in total. The zero-order valence-electron chi connectivity index (χ0n) is 11.3. The molecule has 2 heterocycles. The van der Waals surface area contributed by atoms with Gasteiger partial charge in [-0.05, 0) is 13.8 Å². The van der Waals surface area contributed by atoms with E-state index in [0.29, 0.717) is 31.6 Å². The molecule has 0 saturated carbocycles. The first-order chi connectivity index (χ1) is 9.15. The van der Waals surface area contributed by atoms with Gasteiger partial charge in [-0.25, -0.2) is 0 Å². The predicted molar refractivity (Wildman–Crippen MR) is 70.4 cm³/mol. The van der Waals surface area contributed by atoms with Crippen LogP contribution in [0.3, 0.4) is 0 Å². The molecule has 2 N–H and O–H groups in total. The number of carbonyl (C=O) groups is 1. The topological polar surface area (TPSA) is 92.3 Å². The number of piperazine rings is 1. The van der Waals surface area contributed by atoms with E-state index in [2.05, 4.69) is 25.6 Å². The van der Waals surface area contributed by atoms with Crippen LogP contribution in [0, 0.1) is 0 Å². The Morgan fingerprint density at radius 3 is 2.95 bits per heavy atom. The van der Waals surface area contributed by atoms with Gasteiger partial charge < -0.3 is 20.3 Å². The molecule has 1 fully saturated rings. The number of rotatable bonds is 4. The van der Waals surface area contributed by atoms with Gasteiger partial charge in [0, 0.05) is 20.1 Å². The molecule has 0 spiro atoms. The van der Waals surface area contributed by atoms with Gasteiger partial charge in [-0.15, -0.1) is 0 Å². The molecule has 1 aliphatic rings. The van der Waals surface area contributed by atoms with Crippen molar-refractivity contribution in [3.63, 3.8) is 0 Å². The van der Waals surface area contributed by atoms with Gasteiger partial charge in [0.25, 0.3) is 0 Å². The van der Waals surface area contributed by atoms with Gasteiger partial charge in [0.05, 0.1) is 6.61 Å². The number of ether oxygens (including phenoxy) is 1. The molecule has 1 aromatic heterocycles. The predicted octanol–water partition coefficient (Wildman–Crippen LogP) is -0.363. The molecule has 1 aromatic rings. The Morgan fingerprint density at radius 2 is 2.26 bits per heavy atom. The van der Waals surface area contributed by atoms with Crippen molar-refractivity contribution < 1.29 is 9.53 Å². The summed E-state index contributed by atoms with van der Waals surface area (Å²) >= 11 is 0. The van der Waals surface area contributed by atoms with Gasteiger partial charge in [-0.2, -0.15) is 15.0 Å². The van der Waals surface area contributed by atoms with E-state index in [1.165, 1.54) is 0 Å². The van der Waals surface area contributed by atoms with Crippen LogP contribution in [0.1, 0.15) is 13.8 Å². The van der Waals surface area contributed by atoms with E-state index in [1.807, 2.05) is 18.7 Å². The molecule has 1 amide bonds. The molecule has 19 heavy (non-hydrogen) atoms.